The van der Waals surface area contributed by atoms with Gasteiger partial charge in [-0.25, -0.2) is 14.8 Å². The number of hydrogen-bond acceptors (Lipinski definition) is 7. The average Bonchev–Trinajstić information content (AvgIpc) is 4.07. The SMILES string of the molecule is COC(=O)N[C@@H](C(=O)N1CCC[C@H]1c1ncc(-c2ccc(-c3ccc(-c4cnc([C@@H]5CCCN5C(=O)[C@H]5CCC[C@@H]5N)[nH]4)cc3)cc2)[nH]1)c1ccccc1. The summed E-state index contributed by atoms with van der Waals surface area (Å²) in [4.78, 5) is 59.6. The van der Waals surface area contributed by atoms with E-state index < -0.39 is 12.1 Å². The predicted molar refractivity (Wildman–Crippen MR) is 204 cm³/mol. The van der Waals surface area contributed by atoms with Crippen molar-refractivity contribution in [2.45, 2.75) is 69.1 Å². The van der Waals surface area contributed by atoms with Gasteiger partial charge >= 0.3 is 6.09 Å². The molecule has 5 atom stereocenters. The fourth-order valence-electron chi connectivity index (χ4n) is 8.40. The van der Waals surface area contributed by atoms with E-state index in [0.29, 0.717) is 17.9 Å². The zero-order valence-corrected chi connectivity index (χ0v) is 30.4. The number of imidazole rings is 2. The molecule has 3 aromatic carbocycles. The minimum Gasteiger partial charge on any atom is -0.453 e. The van der Waals surface area contributed by atoms with Crippen molar-refractivity contribution in [3.8, 4) is 33.6 Å². The molecule has 0 bridgehead atoms. The Hall–Kier alpha value is -5.75. The van der Waals surface area contributed by atoms with Crippen molar-refractivity contribution in [1.82, 2.24) is 35.1 Å². The van der Waals surface area contributed by atoms with Crippen LogP contribution in [0.4, 0.5) is 4.79 Å². The molecule has 1 saturated carbocycles. The van der Waals surface area contributed by atoms with E-state index in [4.69, 9.17) is 20.4 Å². The molecular formula is C42H46N8O4. The maximum atomic E-state index is 13.9. The quantitative estimate of drug-likeness (QED) is 0.132. The van der Waals surface area contributed by atoms with Gasteiger partial charge in [0, 0.05) is 19.1 Å². The van der Waals surface area contributed by atoms with Gasteiger partial charge in [-0.3, -0.25) is 9.59 Å². The van der Waals surface area contributed by atoms with E-state index in [-0.39, 0.29) is 35.9 Å². The number of likely N-dealkylation sites (tertiary alicyclic amines) is 2. The lowest BCUT2D eigenvalue weighted by molar-refractivity contribution is -0.137. The summed E-state index contributed by atoms with van der Waals surface area (Å²) in [5.41, 5.74) is 12.9. The summed E-state index contributed by atoms with van der Waals surface area (Å²) in [6.07, 6.45) is 9.30. The van der Waals surface area contributed by atoms with E-state index >= 15 is 0 Å². The third kappa shape index (κ3) is 7.01. The number of methoxy groups -OCH3 is 1. The molecule has 3 fully saturated rings. The highest BCUT2D eigenvalue weighted by Gasteiger charge is 2.40. The summed E-state index contributed by atoms with van der Waals surface area (Å²) in [7, 11) is 1.29. The Balaban J connectivity index is 0.928. The Labute approximate surface area is 314 Å². The van der Waals surface area contributed by atoms with Crippen LogP contribution in [0, 0.1) is 5.92 Å². The summed E-state index contributed by atoms with van der Waals surface area (Å²) >= 11 is 0. The van der Waals surface area contributed by atoms with E-state index in [0.717, 1.165) is 91.0 Å². The lowest BCUT2D eigenvalue weighted by Crippen LogP contribution is -2.42. The van der Waals surface area contributed by atoms with Gasteiger partial charge in [0.2, 0.25) is 5.91 Å². The zero-order chi connectivity index (χ0) is 37.2. The molecule has 2 aliphatic heterocycles. The molecule has 0 spiro atoms. The summed E-state index contributed by atoms with van der Waals surface area (Å²) in [6, 6.07) is 24.7. The third-order valence-corrected chi connectivity index (χ3v) is 11.3. The van der Waals surface area contributed by atoms with E-state index in [1.165, 1.54) is 7.11 Å². The predicted octanol–water partition coefficient (Wildman–Crippen LogP) is 6.69. The monoisotopic (exact) mass is 726 g/mol. The topological polar surface area (TPSA) is 162 Å². The van der Waals surface area contributed by atoms with Crippen molar-refractivity contribution in [3.05, 3.63) is 108 Å². The minimum atomic E-state index is -0.867. The fraction of sp³-hybridized carbons (Fsp3) is 0.357. The smallest absolute Gasteiger partial charge is 0.407 e. The van der Waals surface area contributed by atoms with Crippen molar-refractivity contribution >= 4 is 17.9 Å². The van der Waals surface area contributed by atoms with Gasteiger partial charge in [0.05, 0.1) is 48.9 Å². The fourth-order valence-corrected chi connectivity index (χ4v) is 8.40. The molecule has 1 aliphatic carbocycles. The highest BCUT2D eigenvalue weighted by molar-refractivity contribution is 5.87. The summed E-state index contributed by atoms with van der Waals surface area (Å²) in [6.45, 7) is 1.32. The number of hydrogen-bond donors (Lipinski definition) is 4. The van der Waals surface area contributed by atoms with Crippen LogP contribution in [0.25, 0.3) is 33.6 Å². The van der Waals surface area contributed by atoms with Gasteiger partial charge in [-0.05, 0) is 66.3 Å². The normalized spacial score (nSPS) is 21.7. The lowest BCUT2D eigenvalue weighted by Gasteiger charge is -2.28. The first-order valence-electron chi connectivity index (χ1n) is 18.9. The average molecular weight is 727 g/mol. The number of alkyl carbamates (subject to hydrolysis) is 1. The van der Waals surface area contributed by atoms with Crippen molar-refractivity contribution in [3.63, 3.8) is 0 Å². The molecule has 5 aromatic rings. The maximum Gasteiger partial charge on any atom is 0.407 e. The number of rotatable bonds is 9. The Kier molecular flexibility index (Phi) is 10.0. The highest BCUT2D eigenvalue weighted by atomic mass is 16.5. The summed E-state index contributed by atoms with van der Waals surface area (Å²) in [5, 5.41) is 2.72. The number of aromatic nitrogens is 4. The Morgan fingerprint density at radius 3 is 1.80 bits per heavy atom. The molecule has 3 aliphatic rings. The Bertz CT molecular complexity index is 2090. The van der Waals surface area contributed by atoms with Gasteiger partial charge in [0.15, 0.2) is 0 Å². The standard InChI is InChI=1S/C42H46N8O4/c1-54-42(53)48-37(30-8-3-2-4-9-30)41(52)50-23-7-13-36(50)39-45-25-34(47-39)29-20-16-27(17-21-29)26-14-18-28(19-15-26)33-24-44-38(46-33)35-12-6-22-49(35)40(51)31-10-5-11-32(31)43/h2-4,8-9,14-21,24-25,31-32,35-37H,5-7,10-13,22-23,43H2,1H3,(H,44,46)(H,45,47)(H,48,53)/t31-,32-,35-,36-,37+/m0/s1. The van der Waals surface area contributed by atoms with Crippen LogP contribution < -0.4 is 11.1 Å². The van der Waals surface area contributed by atoms with Gasteiger partial charge in [0.1, 0.15) is 17.7 Å². The van der Waals surface area contributed by atoms with Crippen LogP contribution in [0.2, 0.25) is 0 Å². The molecule has 2 saturated heterocycles. The van der Waals surface area contributed by atoms with E-state index in [2.05, 4.69) is 63.8 Å². The van der Waals surface area contributed by atoms with Crippen LogP contribution in [0.3, 0.4) is 0 Å². The number of ether oxygens (including phenoxy) is 1. The number of amides is 3. The van der Waals surface area contributed by atoms with E-state index in [1.807, 2.05) is 47.6 Å². The number of H-pyrrole nitrogens is 2. The number of nitrogens with zero attached hydrogens (tertiary/aromatic N) is 4. The van der Waals surface area contributed by atoms with Crippen LogP contribution in [-0.4, -0.2) is 73.9 Å². The van der Waals surface area contributed by atoms with Crippen LogP contribution in [0.15, 0.2) is 91.3 Å². The molecule has 4 heterocycles. The maximum absolute atomic E-state index is 13.9. The van der Waals surface area contributed by atoms with Crippen molar-refractivity contribution in [2.75, 3.05) is 20.2 Å². The number of carbonyl (C=O) groups excluding carboxylic acids is 3. The molecule has 5 N–H and O–H groups in total. The molecule has 0 radical (unpaired) electrons. The first kappa shape index (κ1) is 35.3. The first-order chi connectivity index (χ1) is 26.4. The molecule has 2 aromatic heterocycles. The number of aromatic amines is 2. The van der Waals surface area contributed by atoms with Crippen molar-refractivity contribution < 1.29 is 19.1 Å². The molecule has 278 valence electrons. The first-order valence-corrected chi connectivity index (χ1v) is 18.9. The van der Waals surface area contributed by atoms with E-state index in [1.54, 1.807) is 4.90 Å². The third-order valence-electron chi connectivity index (χ3n) is 11.3. The molecule has 8 rings (SSSR count). The number of nitrogens with one attached hydrogen (secondary N) is 3. The molecule has 3 amide bonds. The van der Waals surface area contributed by atoms with Crippen LogP contribution >= 0.6 is 0 Å². The lowest BCUT2D eigenvalue weighted by atomic mass is 10.0. The van der Waals surface area contributed by atoms with Crippen LogP contribution in [-0.2, 0) is 14.3 Å². The van der Waals surface area contributed by atoms with E-state index in [9.17, 15) is 14.4 Å². The summed E-state index contributed by atoms with van der Waals surface area (Å²) in [5.74, 6) is 1.46. The zero-order valence-electron chi connectivity index (χ0n) is 30.4. The molecule has 12 nitrogen and oxygen atoms in total. The number of benzene rings is 3. The van der Waals surface area contributed by atoms with Gasteiger partial charge in [-0.2, -0.15) is 0 Å². The second-order valence-corrected chi connectivity index (χ2v) is 14.6. The number of nitrogens with two attached hydrogens (primary N) is 1. The Morgan fingerprint density at radius 2 is 1.26 bits per heavy atom. The molecular weight excluding hydrogens is 681 g/mol. The molecule has 0 unspecified atom stereocenters. The molecule has 12 heteroatoms. The highest BCUT2D eigenvalue weighted by Crippen LogP contribution is 2.37. The largest absolute Gasteiger partial charge is 0.453 e. The number of carbonyl (C=O) groups is 3. The van der Waals surface area contributed by atoms with Gasteiger partial charge in [-0.1, -0.05) is 85.3 Å². The minimum absolute atomic E-state index is 0.0373. The Morgan fingerprint density at radius 1 is 0.722 bits per heavy atom. The van der Waals surface area contributed by atoms with Crippen molar-refractivity contribution in [2.24, 2.45) is 11.7 Å². The van der Waals surface area contributed by atoms with Gasteiger partial charge in [0.25, 0.3) is 5.91 Å². The van der Waals surface area contributed by atoms with Crippen LogP contribution in [0.1, 0.15) is 80.3 Å². The second kappa shape index (κ2) is 15.3. The summed E-state index contributed by atoms with van der Waals surface area (Å²) < 4.78 is 4.82. The van der Waals surface area contributed by atoms with Gasteiger partial charge in [-0.15, -0.1) is 0 Å². The van der Waals surface area contributed by atoms with Crippen molar-refractivity contribution in [1.29, 1.82) is 0 Å². The molecule has 54 heavy (non-hydrogen) atoms. The van der Waals surface area contributed by atoms with Gasteiger partial charge < -0.3 is 35.6 Å². The second-order valence-electron chi connectivity index (χ2n) is 14.6. The van der Waals surface area contributed by atoms with Crippen LogP contribution in [0.5, 0.6) is 0 Å².